The monoisotopic (exact) mass is 898 g/mol. The molecule has 4 heterocycles. The third kappa shape index (κ3) is 8.08. The Labute approximate surface area is 385 Å². The van der Waals surface area contributed by atoms with E-state index in [-0.39, 0.29) is 41.5 Å². The van der Waals surface area contributed by atoms with Crippen LogP contribution in [0, 0.1) is 23.2 Å². The minimum atomic E-state index is -0.729. The van der Waals surface area contributed by atoms with E-state index in [0.717, 1.165) is 107 Å². The van der Waals surface area contributed by atoms with Crippen molar-refractivity contribution in [3.8, 4) is 22.3 Å². The Hall–Kier alpha value is -6.25. The van der Waals surface area contributed by atoms with Crippen LogP contribution in [0.25, 0.3) is 44.3 Å². The maximum absolute atomic E-state index is 15.0. The number of alkyl carbamates (subject to hydrolysis) is 2. The van der Waals surface area contributed by atoms with Gasteiger partial charge in [-0.1, -0.05) is 58.9 Å². The standard InChI is InChI=1S/C51H62N8O7/c1-27(2)42(56-49(63)65-6)47(61)58-22-8-10-39(58)45-52-35-16-12-30(24-37(35)54-45)32-14-15-33(41-34(32)26-51(44(41)60)20-18-29(5)19-21-51)31-13-17-36-38(25-31)55-46(53-36)40-11-9-23-59(40)48(62)43(28(3)4)57-50(64)66-7/h12-17,24-25,27-29,39-40,42-43H,8-11,18-23,26H2,1-7H3,(H,52,54)(H,53,55)(H,56,63)(H,57,64). The van der Waals surface area contributed by atoms with E-state index in [2.05, 4.69) is 57.9 Å². The lowest BCUT2D eigenvalue weighted by Crippen LogP contribution is -2.51. The van der Waals surface area contributed by atoms with Gasteiger partial charge in [-0.2, -0.15) is 0 Å². The number of hydrogen-bond donors (Lipinski definition) is 4. The number of likely N-dealkylation sites (tertiary alicyclic amines) is 2. The average Bonchev–Trinajstić information content (AvgIpc) is 4.17. The Morgan fingerprint density at radius 1 is 0.697 bits per heavy atom. The molecule has 2 aliphatic heterocycles. The van der Waals surface area contributed by atoms with Crippen molar-refractivity contribution < 1.29 is 33.4 Å². The molecule has 0 bridgehead atoms. The molecule has 4 aliphatic rings. The van der Waals surface area contributed by atoms with Crippen LogP contribution in [0.5, 0.6) is 0 Å². The summed E-state index contributed by atoms with van der Waals surface area (Å²) in [5.74, 6) is 1.62. The predicted molar refractivity (Wildman–Crippen MR) is 250 cm³/mol. The maximum Gasteiger partial charge on any atom is 0.407 e. The average molecular weight is 899 g/mol. The highest BCUT2D eigenvalue weighted by atomic mass is 16.5. The molecule has 1 saturated carbocycles. The highest BCUT2D eigenvalue weighted by molar-refractivity contribution is 6.12. The van der Waals surface area contributed by atoms with Crippen molar-refractivity contribution in [2.75, 3.05) is 27.3 Å². The molecule has 2 saturated heterocycles. The maximum atomic E-state index is 15.0. The highest BCUT2D eigenvalue weighted by Crippen LogP contribution is 2.53. The summed E-state index contributed by atoms with van der Waals surface area (Å²) in [6, 6.07) is 14.6. The minimum absolute atomic E-state index is 0.136. The molecule has 4 unspecified atom stereocenters. The lowest BCUT2D eigenvalue weighted by atomic mass is 9.68. The first-order valence-corrected chi connectivity index (χ1v) is 23.7. The van der Waals surface area contributed by atoms with Crippen LogP contribution in [0.15, 0.2) is 48.5 Å². The first kappa shape index (κ1) is 44.9. The van der Waals surface area contributed by atoms with Gasteiger partial charge in [-0.05, 0) is 128 Å². The zero-order chi connectivity index (χ0) is 46.6. The molecule has 2 aromatic heterocycles. The molecule has 3 aromatic carbocycles. The zero-order valence-corrected chi connectivity index (χ0v) is 39.1. The molecular formula is C51H62N8O7. The van der Waals surface area contributed by atoms with Gasteiger partial charge in [-0.25, -0.2) is 19.6 Å². The number of carbonyl (C=O) groups is 5. The molecule has 15 heteroatoms. The largest absolute Gasteiger partial charge is 0.453 e. The van der Waals surface area contributed by atoms with Gasteiger partial charge in [-0.15, -0.1) is 0 Å². The van der Waals surface area contributed by atoms with Crippen molar-refractivity contribution in [3.63, 3.8) is 0 Å². The van der Waals surface area contributed by atoms with Crippen molar-refractivity contribution in [2.24, 2.45) is 23.2 Å². The Bertz CT molecular complexity index is 2710. The number of carbonyl (C=O) groups excluding carboxylic acids is 5. The van der Waals surface area contributed by atoms with E-state index in [4.69, 9.17) is 19.4 Å². The smallest absolute Gasteiger partial charge is 0.407 e. The lowest BCUT2D eigenvalue weighted by Gasteiger charge is -2.34. The van der Waals surface area contributed by atoms with E-state index < -0.39 is 29.7 Å². The molecule has 9 rings (SSSR count). The molecule has 4 amide bonds. The topological polar surface area (TPSA) is 192 Å². The van der Waals surface area contributed by atoms with E-state index in [9.17, 15) is 19.2 Å². The van der Waals surface area contributed by atoms with Crippen molar-refractivity contribution in [2.45, 2.75) is 117 Å². The Morgan fingerprint density at radius 3 is 1.64 bits per heavy atom. The first-order chi connectivity index (χ1) is 31.7. The number of Topliss-reactive ketones (excluding diaryl/α,β-unsaturated/α-hetero) is 1. The number of amides is 4. The molecular weight excluding hydrogens is 837 g/mol. The number of methoxy groups -OCH3 is 2. The molecule has 2 aliphatic carbocycles. The number of nitrogens with one attached hydrogen (secondary N) is 4. The number of aromatic nitrogens is 4. The number of nitrogens with zero attached hydrogens (tertiary/aromatic N) is 4. The van der Waals surface area contributed by atoms with Crippen LogP contribution in [0.3, 0.4) is 0 Å². The number of H-pyrrole nitrogens is 2. The van der Waals surface area contributed by atoms with Crippen molar-refractivity contribution in [1.82, 2.24) is 40.4 Å². The number of imidazole rings is 2. The van der Waals surface area contributed by atoms with Crippen LogP contribution in [-0.4, -0.2) is 98.9 Å². The number of aromatic amines is 2. The summed E-state index contributed by atoms with van der Waals surface area (Å²) < 4.78 is 9.64. The van der Waals surface area contributed by atoms with Gasteiger partial charge in [-0.3, -0.25) is 14.4 Å². The molecule has 5 aromatic rings. The van der Waals surface area contributed by atoms with E-state index in [1.165, 1.54) is 14.2 Å². The number of fused-ring (bicyclic) bond motifs is 3. The van der Waals surface area contributed by atoms with Crippen LogP contribution in [0.4, 0.5) is 9.59 Å². The first-order valence-electron chi connectivity index (χ1n) is 23.7. The van der Waals surface area contributed by atoms with Crippen molar-refractivity contribution in [1.29, 1.82) is 0 Å². The van der Waals surface area contributed by atoms with Gasteiger partial charge >= 0.3 is 12.2 Å². The van der Waals surface area contributed by atoms with Crippen molar-refractivity contribution >= 4 is 51.9 Å². The van der Waals surface area contributed by atoms with E-state index in [1.807, 2.05) is 55.7 Å². The van der Waals surface area contributed by atoms with Crippen LogP contribution in [0.1, 0.15) is 126 Å². The Morgan fingerprint density at radius 2 is 1.17 bits per heavy atom. The summed E-state index contributed by atoms with van der Waals surface area (Å²) in [7, 11) is 2.58. The molecule has 4 N–H and O–H groups in total. The molecule has 15 nitrogen and oxygen atoms in total. The van der Waals surface area contributed by atoms with E-state index in [1.54, 1.807) is 0 Å². The molecule has 66 heavy (non-hydrogen) atoms. The van der Waals surface area contributed by atoms with E-state index in [0.29, 0.717) is 37.1 Å². The third-order valence-corrected chi connectivity index (χ3v) is 14.9. The summed E-state index contributed by atoms with van der Waals surface area (Å²) in [4.78, 5) is 87.8. The molecule has 4 atom stereocenters. The molecule has 0 radical (unpaired) electrons. The van der Waals surface area contributed by atoms with Gasteiger partial charge in [0.15, 0.2) is 5.78 Å². The zero-order valence-electron chi connectivity index (χ0n) is 39.1. The summed E-state index contributed by atoms with van der Waals surface area (Å²) in [6.07, 6.45) is 6.29. The van der Waals surface area contributed by atoms with Crippen LogP contribution >= 0.6 is 0 Å². The quantitative estimate of drug-likeness (QED) is 0.106. The van der Waals surface area contributed by atoms with Gasteiger partial charge in [0.2, 0.25) is 11.8 Å². The lowest BCUT2D eigenvalue weighted by molar-refractivity contribution is -0.136. The summed E-state index contributed by atoms with van der Waals surface area (Å²) in [6.45, 7) is 11.0. The van der Waals surface area contributed by atoms with Gasteiger partial charge in [0.1, 0.15) is 23.7 Å². The fourth-order valence-corrected chi connectivity index (χ4v) is 11.1. The van der Waals surface area contributed by atoms with Crippen LogP contribution < -0.4 is 10.6 Å². The van der Waals surface area contributed by atoms with Gasteiger partial charge in [0.05, 0.1) is 48.4 Å². The number of ketones is 1. The fourth-order valence-electron chi connectivity index (χ4n) is 11.1. The predicted octanol–water partition coefficient (Wildman–Crippen LogP) is 8.80. The molecule has 348 valence electrons. The normalized spacial score (nSPS) is 22.7. The fraction of sp³-hybridized carbons (Fsp3) is 0.510. The second-order valence-corrected chi connectivity index (χ2v) is 19.8. The highest BCUT2D eigenvalue weighted by Gasteiger charge is 2.49. The number of benzene rings is 3. The van der Waals surface area contributed by atoms with Crippen molar-refractivity contribution in [3.05, 3.63) is 71.3 Å². The van der Waals surface area contributed by atoms with Gasteiger partial charge in [0, 0.05) is 24.1 Å². The Balaban J connectivity index is 1.04. The van der Waals surface area contributed by atoms with Gasteiger partial charge < -0.3 is 39.9 Å². The summed E-state index contributed by atoms with van der Waals surface area (Å²) in [5, 5.41) is 5.45. The SMILES string of the molecule is COC(=O)NC(C(=O)N1CCCC1c1nc2ccc(-c3ccc(-c4ccc5nc(C6CCCN6C(=O)C(NC(=O)OC)C(C)C)[nH]c5c4)c4c3CC3(CCC(C)CC3)C4=O)cc2[nH]1)C(C)C. The third-order valence-electron chi connectivity index (χ3n) is 14.9. The summed E-state index contributed by atoms with van der Waals surface area (Å²) >= 11 is 0. The van der Waals surface area contributed by atoms with Crippen LogP contribution in [0.2, 0.25) is 0 Å². The second kappa shape index (κ2) is 17.9. The molecule has 1 spiro atoms. The van der Waals surface area contributed by atoms with Crippen LogP contribution in [-0.2, 0) is 25.5 Å². The number of rotatable bonds is 10. The van der Waals surface area contributed by atoms with Gasteiger partial charge in [0.25, 0.3) is 0 Å². The summed E-state index contributed by atoms with van der Waals surface area (Å²) in [5.41, 5.74) is 8.48. The minimum Gasteiger partial charge on any atom is -0.453 e. The Kier molecular flexibility index (Phi) is 12.2. The molecule has 3 fully saturated rings. The second-order valence-electron chi connectivity index (χ2n) is 19.8. The number of hydrogen-bond acceptors (Lipinski definition) is 9. The van der Waals surface area contributed by atoms with E-state index >= 15 is 4.79 Å². The number of ether oxygens (including phenoxy) is 2.